The van der Waals surface area contributed by atoms with Gasteiger partial charge in [0.05, 0.1) is 24.2 Å². The van der Waals surface area contributed by atoms with Crippen LogP contribution in [0.2, 0.25) is 0 Å². The molecule has 3 aromatic rings. The van der Waals surface area contributed by atoms with Crippen LogP contribution in [0.15, 0.2) is 55.1 Å². The fourth-order valence-corrected chi connectivity index (χ4v) is 3.57. The minimum Gasteiger partial charge on any atom is -0.392 e. The third kappa shape index (κ3) is 3.71. The van der Waals surface area contributed by atoms with Crippen LogP contribution in [-0.2, 0) is 13.1 Å². The quantitative estimate of drug-likeness (QED) is 0.713. The Bertz CT molecular complexity index is 819. The minimum atomic E-state index is -0.239. The van der Waals surface area contributed by atoms with Gasteiger partial charge in [-0.1, -0.05) is 30.3 Å². The van der Waals surface area contributed by atoms with Crippen molar-refractivity contribution in [3.8, 4) is 0 Å². The van der Waals surface area contributed by atoms with Crippen LogP contribution in [0.4, 0.5) is 0 Å². The third-order valence-electron chi connectivity index (χ3n) is 4.81. The third-order valence-corrected chi connectivity index (χ3v) is 4.81. The molecule has 0 aliphatic carbocycles. The second-order valence-corrected chi connectivity index (χ2v) is 6.64. The molecule has 25 heavy (non-hydrogen) atoms. The molecule has 2 N–H and O–H groups in total. The number of aromatic nitrogens is 3. The Morgan fingerprint density at radius 3 is 2.96 bits per heavy atom. The molecular weight excluding hydrogens is 314 g/mol. The van der Waals surface area contributed by atoms with Crippen molar-refractivity contribution < 1.29 is 5.11 Å². The van der Waals surface area contributed by atoms with Gasteiger partial charge in [0.25, 0.3) is 0 Å². The first-order valence-corrected chi connectivity index (χ1v) is 8.72. The summed E-state index contributed by atoms with van der Waals surface area (Å²) in [5.74, 6) is 0. The van der Waals surface area contributed by atoms with Crippen molar-refractivity contribution in [3.63, 3.8) is 0 Å². The van der Waals surface area contributed by atoms with Crippen molar-refractivity contribution in [1.82, 2.24) is 24.6 Å². The highest BCUT2D eigenvalue weighted by Gasteiger charge is 2.30. The summed E-state index contributed by atoms with van der Waals surface area (Å²) in [5, 5.41) is 13.6. The molecule has 0 saturated carbocycles. The zero-order valence-corrected chi connectivity index (χ0v) is 14.1. The van der Waals surface area contributed by atoms with E-state index in [-0.39, 0.29) is 6.10 Å². The fraction of sp³-hybridized carbons (Fsp3) is 0.368. The number of hydrogen-bond donors (Lipinski definition) is 2. The van der Waals surface area contributed by atoms with Gasteiger partial charge in [-0.05, 0) is 12.0 Å². The van der Waals surface area contributed by atoms with Crippen molar-refractivity contribution in [2.45, 2.75) is 31.7 Å². The molecule has 130 valence electrons. The molecule has 2 atom stereocenters. The number of rotatable bonds is 6. The van der Waals surface area contributed by atoms with Gasteiger partial charge in [-0.3, -0.25) is 14.3 Å². The fourth-order valence-electron chi connectivity index (χ4n) is 3.57. The number of β-amino-alcohol motifs (C(OH)–C–C–N with tert-alkyl or cyclic N) is 1. The van der Waals surface area contributed by atoms with Crippen molar-refractivity contribution >= 4 is 5.65 Å². The number of likely N-dealkylation sites (tertiary alicyclic amines) is 1. The van der Waals surface area contributed by atoms with E-state index in [9.17, 15) is 5.11 Å². The molecule has 1 fully saturated rings. The number of fused-ring (bicyclic) bond motifs is 1. The molecule has 1 aliphatic rings. The first-order chi connectivity index (χ1) is 12.3. The molecule has 4 rings (SSSR count). The number of aliphatic hydroxyl groups excluding tert-OH is 1. The second-order valence-electron chi connectivity index (χ2n) is 6.64. The molecule has 0 bridgehead atoms. The molecule has 0 amide bonds. The van der Waals surface area contributed by atoms with Gasteiger partial charge in [-0.2, -0.15) is 0 Å². The Balaban J connectivity index is 1.36. The zero-order valence-electron chi connectivity index (χ0n) is 14.1. The molecule has 6 heteroatoms. The predicted molar refractivity (Wildman–Crippen MR) is 96.0 cm³/mol. The Kier molecular flexibility index (Phi) is 4.74. The summed E-state index contributed by atoms with van der Waals surface area (Å²) in [7, 11) is 0. The van der Waals surface area contributed by atoms with Crippen LogP contribution < -0.4 is 5.32 Å². The Morgan fingerprint density at radius 2 is 2.08 bits per heavy atom. The molecule has 1 aliphatic heterocycles. The number of nitrogens with one attached hydrogen (secondary N) is 1. The topological polar surface area (TPSA) is 65.7 Å². The number of hydrogen-bond acceptors (Lipinski definition) is 5. The molecule has 0 spiro atoms. The number of aliphatic hydroxyl groups is 1. The van der Waals surface area contributed by atoms with Gasteiger partial charge >= 0.3 is 0 Å². The smallest absolute Gasteiger partial charge is 0.155 e. The summed E-state index contributed by atoms with van der Waals surface area (Å²) in [6.45, 7) is 3.22. The van der Waals surface area contributed by atoms with Gasteiger partial charge in [0, 0.05) is 44.6 Å². The van der Waals surface area contributed by atoms with Gasteiger partial charge in [0.1, 0.15) is 0 Å². The van der Waals surface area contributed by atoms with E-state index >= 15 is 0 Å². The van der Waals surface area contributed by atoms with Crippen LogP contribution in [-0.4, -0.2) is 49.6 Å². The van der Waals surface area contributed by atoms with Crippen molar-refractivity contribution in [2.75, 3.05) is 13.1 Å². The highest BCUT2D eigenvalue weighted by atomic mass is 16.3. The van der Waals surface area contributed by atoms with E-state index < -0.39 is 0 Å². The van der Waals surface area contributed by atoms with E-state index in [0.717, 1.165) is 43.9 Å². The van der Waals surface area contributed by atoms with Crippen LogP contribution in [0.1, 0.15) is 17.7 Å². The zero-order chi connectivity index (χ0) is 17.1. The molecule has 0 radical (unpaired) electrons. The summed E-state index contributed by atoms with van der Waals surface area (Å²) >= 11 is 0. The molecule has 6 nitrogen and oxygen atoms in total. The van der Waals surface area contributed by atoms with Crippen LogP contribution in [0.3, 0.4) is 0 Å². The molecule has 2 aromatic heterocycles. The summed E-state index contributed by atoms with van der Waals surface area (Å²) in [6, 6.07) is 10.8. The predicted octanol–water partition coefficient (Wildman–Crippen LogP) is 1.45. The highest BCUT2D eigenvalue weighted by molar-refractivity contribution is 5.36. The van der Waals surface area contributed by atoms with Gasteiger partial charge in [-0.15, -0.1) is 0 Å². The van der Waals surface area contributed by atoms with Crippen molar-refractivity contribution in [2.24, 2.45) is 0 Å². The van der Waals surface area contributed by atoms with Gasteiger partial charge in [0.2, 0.25) is 0 Å². The lowest BCUT2D eigenvalue weighted by Gasteiger charge is -2.24. The van der Waals surface area contributed by atoms with E-state index in [4.69, 9.17) is 0 Å². The lowest BCUT2D eigenvalue weighted by Crippen LogP contribution is -2.37. The summed E-state index contributed by atoms with van der Waals surface area (Å²) in [5.41, 5.74) is 3.27. The monoisotopic (exact) mass is 337 g/mol. The lowest BCUT2D eigenvalue weighted by atomic mass is 10.1. The summed E-state index contributed by atoms with van der Waals surface area (Å²) < 4.78 is 2.05. The van der Waals surface area contributed by atoms with Crippen molar-refractivity contribution in [1.29, 1.82) is 0 Å². The first kappa shape index (κ1) is 16.2. The van der Waals surface area contributed by atoms with Gasteiger partial charge in [0.15, 0.2) is 5.65 Å². The van der Waals surface area contributed by atoms with E-state index in [1.807, 2.05) is 22.9 Å². The molecular formula is C19H23N5O. The number of nitrogens with zero attached hydrogens (tertiary/aromatic N) is 4. The van der Waals surface area contributed by atoms with Crippen molar-refractivity contribution in [3.05, 3.63) is 66.4 Å². The second kappa shape index (κ2) is 7.31. The van der Waals surface area contributed by atoms with Crippen LogP contribution in [0.5, 0.6) is 0 Å². The number of benzene rings is 1. The molecule has 2 unspecified atom stereocenters. The lowest BCUT2D eigenvalue weighted by molar-refractivity contribution is 0.172. The maximum atomic E-state index is 10.1. The van der Waals surface area contributed by atoms with Crippen LogP contribution in [0, 0.1) is 0 Å². The van der Waals surface area contributed by atoms with Gasteiger partial charge in [-0.25, -0.2) is 4.98 Å². The Hall–Kier alpha value is -2.28. The molecule has 1 saturated heterocycles. The minimum absolute atomic E-state index is 0.239. The van der Waals surface area contributed by atoms with E-state index in [1.54, 1.807) is 12.4 Å². The molecule has 3 heterocycles. The normalized spacial score (nSPS) is 21.2. The SMILES string of the molecule is OC1CC(CNCc2cnc3cnccn23)N(Cc2ccccc2)C1. The largest absolute Gasteiger partial charge is 0.392 e. The Labute approximate surface area is 147 Å². The van der Waals surface area contributed by atoms with E-state index in [0.29, 0.717) is 6.04 Å². The standard InChI is InChI=1S/C19H23N5O/c25-18-8-16(23(14-18)13-15-4-2-1-3-5-15)9-21-10-17-11-22-19-12-20-6-7-24(17)19/h1-7,11-12,16,18,21,25H,8-10,13-14H2. The number of imidazole rings is 1. The van der Waals surface area contributed by atoms with Crippen LogP contribution >= 0.6 is 0 Å². The summed E-state index contributed by atoms with van der Waals surface area (Å²) in [6.07, 6.45) is 7.93. The van der Waals surface area contributed by atoms with Gasteiger partial charge < -0.3 is 10.4 Å². The van der Waals surface area contributed by atoms with E-state index in [2.05, 4.69) is 44.5 Å². The maximum absolute atomic E-state index is 10.1. The summed E-state index contributed by atoms with van der Waals surface area (Å²) in [4.78, 5) is 10.8. The molecule has 1 aromatic carbocycles. The van der Waals surface area contributed by atoms with E-state index in [1.165, 1.54) is 5.56 Å². The average molecular weight is 337 g/mol. The highest BCUT2D eigenvalue weighted by Crippen LogP contribution is 2.20. The Morgan fingerprint density at radius 1 is 1.20 bits per heavy atom. The average Bonchev–Trinajstić information content (AvgIpc) is 3.20. The first-order valence-electron chi connectivity index (χ1n) is 8.72. The van der Waals surface area contributed by atoms with Crippen LogP contribution in [0.25, 0.3) is 5.65 Å². The maximum Gasteiger partial charge on any atom is 0.155 e.